The lowest BCUT2D eigenvalue weighted by molar-refractivity contribution is 0.725. The van der Waals surface area contributed by atoms with Crippen molar-refractivity contribution in [2.24, 2.45) is 5.73 Å². The van der Waals surface area contributed by atoms with Crippen molar-refractivity contribution in [3.63, 3.8) is 0 Å². The van der Waals surface area contributed by atoms with Gasteiger partial charge in [0.2, 0.25) is 0 Å². The summed E-state index contributed by atoms with van der Waals surface area (Å²) in [6.45, 7) is 2.10. The van der Waals surface area contributed by atoms with E-state index in [-0.39, 0.29) is 6.04 Å². The van der Waals surface area contributed by atoms with Crippen LogP contribution in [0.25, 0.3) is 0 Å². The zero-order valence-corrected chi connectivity index (χ0v) is 9.38. The normalized spacial score (nSPS) is 26.2. The van der Waals surface area contributed by atoms with Crippen LogP contribution in [0.2, 0.25) is 10.0 Å². The maximum atomic E-state index is 6.06. The van der Waals surface area contributed by atoms with Gasteiger partial charge in [-0.1, -0.05) is 30.1 Å². The van der Waals surface area contributed by atoms with E-state index in [1.807, 2.05) is 6.07 Å². The maximum Gasteiger partial charge on any atom is 0.0480 e. The third kappa shape index (κ3) is 1.57. The Labute approximate surface area is 91.6 Å². The van der Waals surface area contributed by atoms with Crippen molar-refractivity contribution < 1.29 is 0 Å². The first-order valence-corrected chi connectivity index (χ1v) is 5.64. The summed E-state index contributed by atoms with van der Waals surface area (Å²) in [6.07, 6.45) is 0. The molecule has 2 atom stereocenters. The van der Waals surface area contributed by atoms with Crippen LogP contribution in [0.1, 0.15) is 18.5 Å². The highest BCUT2D eigenvalue weighted by molar-refractivity contribution is 8.00. The molecule has 0 saturated heterocycles. The van der Waals surface area contributed by atoms with Crippen LogP contribution < -0.4 is 5.73 Å². The van der Waals surface area contributed by atoms with Crippen LogP contribution >= 0.6 is 35.0 Å². The molecule has 2 N–H and O–H groups in total. The summed E-state index contributed by atoms with van der Waals surface area (Å²) in [7, 11) is 0. The molecule has 4 heteroatoms. The van der Waals surface area contributed by atoms with Gasteiger partial charge in [-0.3, -0.25) is 0 Å². The number of fused-ring (bicyclic) bond motifs is 1. The van der Waals surface area contributed by atoms with Gasteiger partial charge in [0.05, 0.1) is 0 Å². The quantitative estimate of drug-likeness (QED) is 0.743. The summed E-state index contributed by atoms with van der Waals surface area (Å²) in [5, 5.41) is 1.75. The molecule has 0 radical (unpaired) electrons. The van der Waals surface area contributed by atoms with Gasteiger partial charge in [-0.25, -0.2) is 0 Å². The largest absolute Gasteiger partial charge is 0.323 e. The van der Waals surface area contributed by atoms with Gasteiger partial charge in [-0.2, -0.15) is 0 Å². The molecule has 0 aliphatic carbocycles. The van der Waals surface area contributed by atoms with Gasteiger partial charge in [0, 0.05) is 31.8 Å². The number of thioether (sulfide) groups is 1. The van der Waals surface area contributed by atoms with Crippen LogP contribution in [-0.2, 0) is 0 Å². The van der Waals surface area contributed by atoms with Crippen molar-refractivity contribution in [3.8, 4) is 0 Å². The Morgan fingerprint density at radius 3 is 2.77 bits per heavy atom. The number of nitrogens with two attached hydrogens (primary N) is 1. The van der Waals surface area contributed by atoms with Gasteiger partial charge in [0.15, 0.2) is 0 Å². The highest BCUT2D eigenvalue weighted by Crippen LogP contribution is 2.46. The Morgan fingerprint density at radius 2 is 2.08 bits per heavy atom. The van der Waals surface area contributed by atoms with Crippen molar-refractivity contribution >= 4 is 35.0 Å². The lowest BCUT2D eigenvalue weighted by Crippen LogP contribution is -2.16. The van der Waals surface area contributed by atoms with Gasteiger partial charge in [0.25, 0.3) is 0 Å². The number of rotatable bonds is 0. The minimum atomic E-state index is 0.0322. The molecule has 0 spiro atoms. The number of halogens is 2. The molecule has 1 aromatic rings. The summed E-state index contributed by atoms with van der Waals surface area (Å²) < 4.78 is 0. The van der Waals surface area contributed by atoms with E-state index < -0.39 is 0 Å². The average molecular weight is 234 g/mol. The van der Waals surface area contributed by atoms with Crippen LogP contribution in [-0.4, -0.2) is 5.25 Å². The molecule has 1 aliphatic rings. The zero-order valence-electron chi connectivity index (χ0n) is 7.05. The van der Waals surface area contributed by atoms with Crippen molar-refractivity contribution in [1.29, 1.82) is 0 Å². The van der Waals surface area contributed by atoms with Crippen molar-refractivity contribution in [2.75, 3.05) is 0 Å². The highest BCUT2D eigenvalue weighted by Gasteiger charge is 2.29. The zero-order chi connectivity index (χ0) is 9.59. The fourth-order valence-electron chi connectivity index (χ4n) is 1.49. The predicted octanol–water partition coefficient (Wildman–Crippen LogP) is 3.49. The molecule has 0 fully saturated rings. The molecule has 1 heterocycles. The van der Waals surface area contributed by atoms with Crippen molar-refractivity contribution in [1.82, 2.24) is 0 Å². The minimum absolute atomic E-state index is 0.0322. The summed E-state index contributed by atoms with van der Waals surface area (Å²) in [5.41, 5.74) is 7.04. The van der Waals surface area contributed by atoms with E-state index in [9.17, 15) is 0 Å². The third-order valence-electron chi connectivity index (χ3n) is 2.21. The van der Waals surface area contributed by atoms with E-state index in [1.165, 1.54) is 0 Å². The predicted molar refractivity (Wildman–Crippen MR) is 58.7 cm³/mol. The summed E-state index contributed by atoms with van der Waals surface area (Å²) in [6, 6.07) is 3.71. The lowest BCUT2D eigenvalue weighted by Gasteiger charge is -2.09. The molecular weight excluding hydrogens is 225 g/mol. The second-order valence-electron chi connectivity index (χ2n) is 3.15. The van der Waals surface area contributed by atoms with Crippen molar-refractivity contribution in [2.45, 2.75) is 23.1 Å². The van der Waals surface area contributed by atoms with Crippen LogP contribution in [0.4, 0.5) is 0 Å². The van der Waals surface area contributed by atoms with Gasteiger partial charge < -0.3 is 5.73 Å². The highest BCUT2D eigenvalue weighted by atomic mass is 35.5. The Kier molecular flexibility index (Phi) is 2.49. The van der Waals surface area contributed by atoms with E-state index in [2.05, 4.69) is 6.92 Å². The molecular formula is C9H9Cl2NS. The lowest BCUT2D eigenvalue weighted by atomic mass is 10.1. The Morgan fingerprint density at radius 1 is 1.38 bits per heavy atom. The molecule has 13 heavy (non-hydrogen) atoms. The molecule has 2 rings (SSSR count). The number of benzene rings is 1. The average Bonchev–Trinajstić information content (AvgIpc) is 2.27. The van der Waals surface area contributed by atoms with Crippen molar-refractivity contribution in [3.05, 3.63) is 27.7 Å². The van der Waals surface area contributed by atoms with Gasteiger partial charge in [-0.05, 0) is 12.1 Å². The van der Waals surface area contributed by atoms with Crippen LogP contribution in [0.3, 0.4) is 0 Å². The molecule has 0 saturated carbocycles. The van der Waals surface area contributed by atoms with Gasteiger partial charge >= 0.3 is 0 Å². The first-order chi connectivity index (χ1) is 6.09. The van der Waals surface area contributed by atoms with E-state index in [4.69, 9.17) is 28.9 Å². The fraction of sp³-hybridized carbons (Fsp3) is 0.333. The van der Waals surface area contributed by atoms with Crippen LogP contribution in [0, 0.1) is 0 Å². The van der Waals surface area contributed by atoms with Crippen LogP contribution in [0.5, 0.6) is 0 Å². The summed E-state index contributed by atoms with van der Waals surface area (Å²) in [5.74, 6) is 0. The Bertz CT molecular complexity index is 354. The standard InChI is InChI=1S/C9H9Cl2NS/c1-4-9(12)8-6(11)2-5(10)3-7(8)13-4/h2-4,9H,12H2,1H3. The van der Waals surface area contributed by atoms with Crippen LogP contribution in [0.15, 0.2) is 17.0 Å². The van der Waals surface area contributed by atoms with E-state index in [1.54, 1.807) is 17.8 Å². The fourth-order valence-corrected chi connectivity index (χ4v) is 3.48. The van der Waals surface area contributed by atoms with E-state index in [0.717, 1.165) is 10.5 Å². The molecule has 1 nitrogen and oxygen atoms in total. The Hall–Kier alpha value is 0.110. The second-order valence-corrected chi connectivity index (χ2v) is 5.41. The molecule has 0 amide bonds. The molecule has 0 aromatic heterocycles. The third-order valence-corrected chi connectivity index (χ3v) is 4.00. The molecule has 2 unspecified atom stereocenters. The SMILES string of the molecule is CC1Sc2cc(Cl)cc(Cl)c2C1N. The Balaban J connectivity index is 2.57. The first-order valence-electron chi connectivity index (χ1n) is 4.01. The summed E-state index contributed by atoms with van der Waals surface area (Å²) in [4.78, 5) is 1.12. The maximum absolute atomic E-state index is 6.06. The second kappa shape index (κ2) is 3.35. The van der Waals surface area contributed by atoms with Gasteiger partial charge in [-0.15, -0.1) is 11.8 Å². The van der Waals surface area contributed by atoms with E-state index >= 15 is 0 Å². The smallest absolute Gasteiger partial charge is 0.0480 e. The van der Waals surface area contributed by atoms with Gasteiger partial charge in [0.1, 0.15) is 0 Å². The number of hydrogen-bond acceptors (Lipinski definition) is 2. The molecule has 1 aliphatic heterocycles. The minimum Gasteiger partial charge on any atom is -0.323 e. The number of hydrogen-bond donors (Lipinski definition) is 1. The molecule has 70 valence electrons. The molecule has 1 aromatic carbocycles. The van der Waals surface area contributed by atoms with E-state index in [0.29, 0.717) is 15.3 Å². The topological polar surface area (TPSA) is 26.0 Å². The summed E-state index contributed by atoms with van der Waals surface area (Å²) >= 11 is 13.7. The first kappa shape index (κ1) is 9.66. The monoisotopic (exact) mass is 233 g/mol. The molecule has 0 bridgehead atoms.